The Kier molecular flexibility index (Phi) is 4.88. The van der Waals surface area contributed by atoms with Crippen molar-refractivity contribution in [1.29, 1.82) is 0 Å². The molecule has 0 saturated heterocycles. The number of sulfonamides is 1. The van der Waals surface area contributed by atoms with Crippen LogP contribution in [0.1, 0.15) is 23.2 Å². The summed E-state index contributed by atoms with van der Waals surface area (Å²) in [6.07, 6.45) is 1.58. The van der Waals surface area contributed by atoms with Gasteiger partial charge in [-0.1, -0.05) is 0 Å². The molecule has 1 fully saturated rings. The van der Waals surface area contributed by atoms with Crippen LogP contribution < -0.4 is 14.2 Å². The van der Waals surface area contributed by atoms with Crippen molar-refractivity contribution in [3.8, 4) is 22.6 Å². The molecule has 0 unspecified atom stereocenters. The Bertz CT molecular complexity index is 950. The van der Waals surface area contributed by atoms with Crippen molar-refractivity contribution in [2.75, 3.05) is 14.2 Å². The van der Waals surface area contributed by atoms with Gasteiger partial charge in [-0.2, -0.15) is 0 Å². The minimum atomic E-state index is -3.79. The van der Waals surface area contributed by atoms with Crippen LogP contribution >= 0.6 is 0 Å². The second kappa shape index (κ2) is 6.97. The molecule has 2 aromatic rings. The smallest absolute Gasteiger partial charge is 0.335 e. The summed E-state index contributed by atoms with van der Waals surface area (Å²) >= 11 is 0. The van der Waals surface area contributed by atoms with E-state index >= 15 is 0 Å². The summed E-state index contributed by atoms with van der Waals surface area (Å²) in [6.45, 7) is 0. The Balaban J connectivity index is 2.14. The number of carboxylic acids is 1. The Morgan fingerprint density at radius 3 is 2.42 bits per heavy atom. The fourth-order valence-electron chi connectivity index (χ4n) is 2.56. The first-order chi connectivity index (χ1) is 12.3. The van der Waals surface area contributed by atoms with E-state index in [0.717, 1.165) is 18.9 Å². The molecule has 0 aromatic heterocycles. The molecule has 0 heterocycles. The highest BCUT2D eigenvalue weighted by atomic mass is 32.2. The monoisotopic (exact) mass is 377 g/mol. The maximum absolute atomic E-state index is 12.5. The summed E-state index contributed by atoms with van der Waals surface area (Å²) in [4.78, 5) is 11.4. The molecular formula is C18H19NO6S. The molecule has 8 heteroatoms. The number of carboxylic acid groups (broad SMARTS) is 1. The molecule has 7 nitrogen and oxygen atoms in total. The highest BCUT2D eigenvalue weighted by Crippen LogP contribution is 2.35. The third-order valence-electron chi connectivity index (χ3n) is 4.08. The van der Waals surface area contributed by atoms with Gasteiger partial charge >= 0.3 is 5.97 Å². The van der Waals surface area contributed by atoms with Gasteiger partial charge in [-0.3, -0.25) is 0 Å². The molecule has 2 aromatic carbocycles. The van der Waals surface area contributed by atoms with E-state index < -0.39 is 16.0 Å². The number of hydrogen-bond donors (Lipinski definition) is 2. The number of benzene rings is 2. The van der Waals surface area contributed by atoms with Crippen LogP contribution in [0.2, 0.25) is 0 Å². The second-order valence-electron chi connectivity index (χ2n) is 6.01. The van der Waals surface area contributed by atoms with Crippen LogP contribution in [0.15, 0.2) is 41.3 Å². The van der Waals surface area contributed by atoms with Gasteiger partial charge in [0, 0.05) is 17.7 Å². The van der Waals surface area contributed by atoms with Crippen LogP contribution in [0.25, 0.3) is 11.1 Å². The van der Waals surface area contributed by atoms with Crippen molar-refractivity contribution < 1.29 is 27.8 Å². The third kappa shape index (κ3) is 3.81. The van der Waals surface area contributed by atoms with Crippen molar-refractivity contribution in [1.82, 2.24) is 4.72 Å². The fraction of sp³-hybridized carbons (Fsp3) is 0.278. The normalized spacial score (nSPS) is 14.1. The molecule has 0 spiro atoms. The summed E-state index contributed by atoms with van der Waals surface area (Å²) in [5.74, 6) is -0.184. The second-order valence-corrected chi connectivity index (χ2v) is 7.73. The largest absolute Gasteiger partial charge is 0.497 e. The van der Waals surface area contributed by atoms with Crippen LogP contribution in [0.3, 0.4) is 0 Å². The first-order valence-corrected chi connectivity index (χ1v) is 9.45. The van der Waals surface area contributed by atoms with E-state index in [2.05, 4.69) is 4.72 Å². The Morgan fingerprint density at radius 1 is 1.12 bits per heavy atom. The van der Waals surface area contributed by atoms with Crippen LogP contribution in [0.5, 0.6) is 11.5 Å². The Hall–Kier alpha value is -2.58. The lowest BCUT2D eigenvalue weighted by molar-refractivity contribution is 0.0696. The molecule has 1 aliphatic carbocycles. The van der Waals surface area contributed by atoms with Gasteiger partial charge in [0.25, 0.3) is 0 Å². The highest BCUT2D eigenvalue weighted by molar-refractivity contribution is 7.89. The standard InChI is InChI=1S/C18H19NO6S/c1-24-14-5-6-16(17(10-14)25-2)11-7-12(18(20)21)9-15(8-11)26(22,23)19-13-3-4-13/h5-10,13,19H,3-4H2,1-2H3,(H,20,21). The van der Waals surface area contributed by atoms with E-state index in [1.807, 2.05) is 0 Å². The van der Waals surface area contributed by atoms with Crippen molar-refractivity contribution >= 4 is 16.0 Å². The van der Waals surface area contributed by atoms with Crippen molar-refractivity contribution in [3.63, 3.8) is 0 Å². The van der Waals surface area contributed by atoms with Gasteiger partial charge in [0.2, 0.25) is 10.0 Å². The van der Waals surface area contributed by atoms with Crippen LogP contribution in [-0.2, 0) is 10.0 Å². The quantitative estimate of drug-likeness (QED) is 0.769. The maximum atomic E-state index is 12.5. The van der Waals surface area contributed by atoms with Gasteiger partial charge in [-0.25, -0.2) is 17.9 Å². The number of carbonyl (C=O) groups is 1. The molecule has 26 heavy (non-hydrogen) atoms. The molecular weight excluding hydrogens is 358 g/mol. The van der Waals surface area contributed by atoms with E-state index in [0.29, 0.717) is 22.6 Å². The van der Waals surface area contributed by atoms with Crippen molar-refractivity contribution in [2.45, 2.75) is 23.8 Å². The maximum Gasteiger partial charge on any atom is 0.335 e. The van der Waals surface area contributed by atoms with Crippen molar-refractivity contribution in [3.05, 3.63) is 42.0 Å². The average molecular weight is 377 g/mol. The first-order valence-electron chi connectivity index (χ1n) is 7.97. The minimum Gasteiger partial charge on any atom is -0.497 e. The zero-order chi connectivity index (χ0) is 18.9. The average Bonchev–Trinajstić information content (AvgIpc) is 3.43. The number of ether oxygens (including phenoxy) is 2. The van der Waals surface area contributed by atoms with Crippen LogP contribution in [0.4, 0.5) is 0 Å². The summed E-state index contributed by atoms with van der Waals surface area (Å²) in [5, 5.41) is 9.38. The predicted molar refractivity (Wildman–Crippen MR) is 95.3 cm³/mol. The zero-order valence-corrected chi connectivity index (χ0v) is 15.2. The van der Waals surface area contributed by atoms with E-state index in [4.69, 9.17) is 9.47 Å². The fourth-order valence-corrected chi connectivity index (χ4v) is 3.93. The van der Waals surface area contributed by atoms with Gasteiger partial charge < -0.3 is 14.6 Å². The topological polar surface area (TPSA) is 102 Å². The molecule has 1 saturated carbocycles. The lowest BCUT2D eigenvalue weighted by Gasteiger charge is -2.13. The Labute approximate surface area is 151 Å². The van der Waals surface area contributed by atoms with Crippen molar-refractivity contribution in [2.24, 2.45) is 0 Å². The van der Waals surface area contributed by atoms with Crippen LogP contribution in [0, 0.1) is 0 Å². The summed E-state index contributed by atoms with van der Waals surface area (Å²) in [5.41, 5.74) is 0.886. The summed E-state index contributed by atoms with van der Waals surface area (Å²) < 4.78 is 38.2. The lowest BCUT2D eigenvalue weighted by Crippen LogP contribution is -2.26. The van der Waals surface area contributed by atoms with Gasteiger partial charge in [-0.15, -0.1) is 0 Å². The number of methoxy groups -OCH3 is 2. The molecule has 3 rings (SSSR count). The van der Waals surface area contributed by atoms with Gasteiger partial charge in [0.05, 0.1) is 24.7 Å². The molecule has 0 amide bonds. The molecule has 2 N–H and O–H groups in total. The number of aromatic carboxylic acids is 1. The summed E-state index contributed by atoms with van der Waals surface area (Å²) in [7, 11) is -0.795. The lowest BCUT2D eigenvalue weighted by atomic mass is 10.0. The molecule has 0 aliphatic heterocycles. The minimum absolute atomic E-state index is 0.0764. The SMILES string of the molecule is COc1ccc(-c2cc(C(=O)O)cc(S(=O)(=O)NC3CC3)c2)c(OC)c1. The summed E-state index contributed by atoms with van der Waals surface area (Å²) in [6, 6.07) is 8.99. The Morgan fingerprint density at radius 2 is 1.85 bits per heavy atom. The van der Waals surface area contributed by atoms with E-state index in [9.17, 15) is 18.3 Å². The molecule has 0 radical (unpaired) electrons. The number of rotatable bonds is 7. The van der Waals surface area contributed by atoms with Gasteiger partial charge in [-0.05, 0) is 48.7 Å². The van der Waals surface area contributed by atoms with E-state index in [-0.39, 0.29) is 16.5 Å². The van der Waals surface area contributed by atoms with Crippen LogP contribution in [-0.4, -0.2) is 39.8 Å². The molecule has 1 aliphatic rings. The van der Waals surface area contributed by atoms with E-state index in [1.54, 1.807) is 18.2 Å². The van der Waals surface area contributed by atoms with E-state index in [1.165, 1.54) is 26.4 Å². The predicted octanol–water partition coefficient (Wildman–Crippen LogP) is 2.51. The third-order valence-corrected chi connectivity index (χ3v) is 5.58. The highest BCUT2D eigenvalue weighted by Gasteiger charge is 2.29. The first kappa shape index (κ1) is 18.2. The zero-order valence-electron chi connectivity index (χ0n) is 14.4. The van der Waals surface area contributed by atoms with Gasteiger partial charge in [0.1, 0.15) is 11.5 Å². The molecule has 0 bridgehead atoms. The number of nitrogens with one attached hydrogen (secondary N) is 1. The number of hydrogen-bond acceptors (Lipinski definition) is 5. The van der Waals surface area contributed by atoms with Gasteiger partial charge in [0.15, 0.2) is 0 Å². The molecule has 138 valence electrons. The molecule has 0 atom stereocenters.